The number of nitrogen functional groups attached to an aromatic ring is 1. The summed E-state index contributed by atoms with van der Waals surface area (Å²) in [6.45, 7) is 2.02. The Kier molecular flexibility index (Phi) is 2.12. The molecule has 56 valence electrons. The van der Waals surface area contributed by atoms with Gasteiger partial charge in [-0.1, -0.05) is 13.0 Å². The molecule has 2 nitrogen and oxygen atoms in total. The van der Waals surface area contributed by atoms with Crippen LogP contribution in [0.15, 0.2) is 18.2 Å². The highest BCUT2D eigenvalue weighted by molar-refractivity contribution is 5.49. The van der Waals surface area contributed by atoms with E-state index in [0.717, 1.165) is 12.0 Å². The lowest BCUT2D eigenvalue weighted by Gasteiger charge is -1.99. The van der Waals surface area contributed by atoms with Gasteiger partial charge in [0.2, 0.25) is 0 Å². The van der Waals surface area contributed by atoms with E-state index in [1.54, 1.807) is 6.07 Å². The minimum absolute atomic E-state index is 0.652. The third kappa shape index (κ3) is 1.50. The fourth-order valence-electron chi connectivity index (χ4n) is 1.01. The predicted molar refractivity (Wildman–Crippen MR) is 44.9 cm³/mol. The lowest BCUT2D eigenvalue weighted by molar-refractivity contribution is 1.13. The Bertz CT molecular complexity index is 297. The molecule has 2 heteroatoms. The van der Waals surface area contributed by atoms with Gasteiger partial charge in [-0.05, 0) is 24.1 Å². The van der Waals surface area contributed by atoms with Gasteiger partial charge in [0.1, 0.15) is 0 Å². The van der Waals surface area contributed by atoms with Crippen LogP contribution in [0.3, 0.4) is 0 Å². The average Bonchev–Trinajstić information content (AvgIpc) is 2.04. The number of nitrogens with two attached hydrogens (primary N) is 1. The van der Waals surface area contributed by atoms with Crippen LogP contribution in [-0.4, -0.2) is 0 Å². The second-order valence-electron chi connectivity index (χ2n) is 2.38. The van der Waals surface area contributed by atoms with E-state index in [2.05, 4.69) is 6.07 Å². The maximum atomic E-state index is 8.67. The molecule has 0 fully saturated rings. The molecule has 0 amide bonds. The fourth-order valence-corrected chi connectivity index (χ4v) is 1.01. The Morgan fingerprint density at radius 2 is 2.27 bits per heavy atom. The van der Waals surface area contributed by atoms with E-state index in [4.69, 9.17) is 11.0 Å². The molecule has 0 saturated carbocycles. The zero-order valence-corrected chi connectivity index (χ0v) is 6.46. The molecule has 0 aromatic heterocycles. The van der Waals surface area contributed by atoms with E-state index in [9.17, 15) is 0 Å². The van der Waals surface area contributed by atoms with Crippen molar-refractivity contribution < 1.29 is 0 Å². The first kappa shape index (κ1) is 7.62. The van der Waals surface area contributed by atoms with Crippen LogP contribution in [0.4, 0.5) is 5.69 Å². The van der Waals surface area contributed by atoms with Crippen molar-refractivity contribution >= 4 is 5.69 Å². The minimum atomic E-state index is 0.652. The van der Waals surface area contributed by atoms with E-state index < -0.39 is 0 Å². The van der Waals surface area contributed by atoms with Crippen LogP contribution >= 0.6 is 0 Å². The highest BCUT2D eigenvalue weighted by Crippen LogP contribution is 2.12. The van der Waals surface area contributed by atoms with Crippen molar-refractivity contribution in [2.45, 2.75) is 13.3 Å². The summed E-state index contributed by atoms with van der Waals surface area (Å²) in [5, 5.41) is 8.67. The largest absolute Gasteiger partial charge is 0.399 e. The molecule has 2 N–H and O–H groups in total. The second-order valence-corrected chi connectivity index (χ2v) is 2.38. The molecule has 0 unspecified atom stereocenters. The quantitative estimate of drug-likeness (QED) is 0.613. The summed E-state index contributed by atoms with van der Waals surface area (Å²) in [5.41, 5.74) is 7.90. The molecule has 0 aliphatic rings. The minimum Gasteiger partial charge on any atom is -0.399 e. The molecule has 0 atom stereocenters. The van der Waals surface area contributed by atoms with Crippen LogP contribution in [0.25, 0.3) is 0 Å². The van der Waals surface area contributed by atoms with Crippen LogP contribution in [-0.2, 0) is 6.42 Å². The molecule has 1 rings (SSSR count). The molecular formula is C9H10N2. The molecule has 0 aliphatic carbocycles. The van der Waals surface area contributed by atoms with Crippen molar-refractivity contribution in [3.63, 3.8) is 0 Å². The topological polar surface area (TPSA) is 49.8 Å². The van der Waals surface area contributed by atoms with Crippen molar-refractivity contribution in [3.05, 3.63) is 29.3 Å². The standard InChI is InChI=1S/C9H10N2/c1-2-7-3-4-9(11)5-8(7)6-10/h3-5H,2,11H2,1H3. The molecule has 0 bridgehead atoms. The van der Waals surface area contributed by atoms with E-state index in [-0.39, 0.29) is 0 Å². The second kappa shape index (κ2) is 3.07. The zero-order chi connectivity index (χ0) is 8.27. The van der Waals surface area contributed by atoms with Gasteiger partial charge in [0.05, 0.1) is 11.6 Å². The first-order valence-electron chi connectivity index (χ1n) is 3.56. The molecule has 0 heterocycles. The monoisotopic (exact) mass is 146 g/mol. The highest BCUT2D eigenvalue weighted by Gasteiger charge is 1.98. The summed E-state index contributed by atoms with van der Waals surface area (Å²) in [5.74, 6) is 0. The Morgan fingerprint density at radius 3 is 2.82 bits per heavy atom. The van der Waals surface area contributed by atoms with E-state index >= 15 is 0 Å². The number of anilines is 1. The lowest BCUT2D eigenvalue weighted by atomic mass is 10.1. The Morgan fingerprint density at radius 1 is 1.55 bits per heavy atom. The Balaban J connectivity index is 3.19. The zero-order valence-electron chi connectivity index (χ0n) is 6.46. The van der Waals surface area contributed by atoms with Crippen LogP contribution in [0.5, 0.6) is 0 Å². The molecule has 11 heavy (non-hydrogen) atoms. The molecule has 0 spiro atoms. The van der Waals surface area contributed by atoms with E-state index in [0.29, 0.717) is 11.3 Å². The number of nitriles is 1. The van der Waals surface area contributed by atoms with Crippen molar-refractivity contribution in [2.24, 2.45) is 0 Å². The fraction of sp³-hybridized carbons (Fsp3) is 0.222. The number of benzene rings is 1. The van der Waals surface area contributed by atoms with Gasteiger partial charge in [0.15, 0.2) is 0 Å². The highest BCUT2D eigenvalue weighted by atomic mass is 14.5. The van der Waals surface area contributed by atoms with E-state index in [1.165, 1.54) is 0 Å². The van der Waals surface area contributed by atoms with Crippen LogP contribution < -0.4 is 5.73 Å². The Labute approximate surface area is 66.3 Å². The van der Waals surface area contributed by atoms with Gasteiger partial charge in [-0.15, -0.1) is 0 Å². The van der Waals surface area contributed by atoms with Crippen molar-refractivity contribution in [1.82, 2.24) is 0 Å². The van der Waals surface area contributed by atoms with Gasteiger partial charge in [0.25, 0.3) is 0 Å². The van der Waals surface area contributed by atoms with Gasteiger partial charge in [-0.2, -0.15) is 5.26 Å². The summed E-state index contributed by atoms with van der Waals surface area (Å²) in [6, 6.07) is 7.53. The lowest BCUT2D eigenvalue weighted by Crippen LogP contribution is -1.90. The number of hydrogen-bond acceptors (Lipinski definition) is 2. The summed E-state index contributed by atoms with van der Waals surface area (Å²) in [6.07, 6.45) is 0.878. The predicted octanol–water partition coefficient (Wildman–Crippen LogP) is 1.70. The summed E-state index contributed by atoms with van der Waals surface area (Å²) in [4.78, 5) is 0. The van der Waals surface area contributed by atoms with E-state index in [1.807, 2.05) is 19.1 Å². The van der Waals surface area contributed by atoms with Gasteiger partial charge >= 0.3 is 0 Å². The average molecular weight is 146 g/mol. The van der Waals surface area contributed by atoms with Crippen molar-refractivity contribution in [1.29, 1.82) is 5.26 Å². The van der Waals surface area contributed by atoms with Gasteiger partial charge in [0, 0.05) is 5.69 Å². The molecule has 0 aliphatic heterocycles. The summed E-state index contributed by atoms with van der Waals surface area (Å²) in [7, 11) is 0. The van der Waals surface area contributed by atoms with Crippen LogP contribution in [0.2, 0.25) is 0 Å². The van der Waals surface area contributed by atoms with Gasteiger partial charge in [-0.3, -0.25) is 0 Å². The first-order valence-corrected chi connectivity index (χ1v) is 3.56. The number of nitrogens with zero attached hydrogens (tertiary/aromatic N) is 1. The number of hydrogen-bond donors (Lipinski definition) is 1. The number of aryl methyl sites for hydroxylation is 1. The van der Waals surface area contributed by atoms with Gasteiger partial charge < -0.3 is 5.73 Å². The normalized spacial score (nSPS) is 9.09. The molecular weight excluding hydrogens is 136 g/mol. The number of rotatable bonds is 1. The van der Waals surface area contributed by atoms with Gasteiger partial charge in [-0.25, -0.2) is 0 Å². The smallest absolute Gasteiger partial charge is 0.0995 e. The first-order chi connectivity index (χ1) is 5.27. The van der Waals surface area contributed by atoms with Crippen LogP contribution in [0.1, 0.15) is 18.1 Å². The third-order valence-electron chi connectivity index (χ3n) is 1.64. The summed E-state index contributed by atoms with van der Waals surface area (Å²) >= 11 is 0. The molecule has 1 aromatic rings. The molecule has 0 saturated heterocycles. The van der Waals surface area contributed by atoms with Crippen molar-refractivity contribution in [2.75, 3.05) is 5.73 Å². The van der Waals surface area contributed by atoms with Crippen molar-refractivity contribution in [3.8, 4) is 6.07 Å². The maximum absolute atomic E-state index is 8.67. The maximum Gasteiger partial charge on any atom is 0.0995 e. The molecule has 1 aromatic carbocycles. The third-order valence-corrected chi connectivity index (χ3v) is 1.64. The molecule has 0 radical (unpaired) electrons. The SMILES string of the molecule is CCc1ccc(N)cc1C#N. The Hall–Kier alpha value is -1.49. The summed E-state index contributed by atoms with van der Waals surface area (Å²) < 4.78 is 0. The van der Waals surface area contributed by atoms with Crippen LogP contribution in [0, 0.1) is 11.3 Å².